The predicted octanol–water partition coefficient (Wildman–Crippen LogP) is 4.65. The van der Waals surface area contributed by atoms with Crippen molar-refractivity contribution in [1.29, 1.82) is 0 Å². The highest BCUT2D eigenvalue weighted by Gasteiger charge is 2.16. The van der Waals surface area contributed by atoms with Crippen LogP contribution in [0.4, 0.5) is 0 Å². The molecule has 0 fully saturated rings. The summed E-state index contributed by atoms with van der Waals surface area (Å²) in [5.74, 6) is 0. The molecule has 0 saturated carbocycles. The van der Waals surface area contributed by atoms with Gasteiger partial charge in [-0.25, -0.2) is 0 Å². The second kappa shape index (κ2) is 10.2. The maximum absolute atomic E-state index is 6.38. The second-order valence-electron chi connectivity index (χ2n) is 6.03. The van der Waals surface area contributed by atoms with Crippen LogP contribution in [0.3, 0.4) is 0 Å². The first kappa shape index (κ1) is 18.5. The number of aromatic nitrogens is 2. The predicted molar refractivity (Wildman–Crippen MR) is 92.1 cm³/mol. The van der Waals surface area contributed by atoms with Gasteiger partial charge in [0.15, 0.2) is 0 Å². The lowest BCUT2D eigenvalue weighted by Crippen LogP contribution is -2.32. The van der Waals surface area contributed by atoms with E-state index in [0.29, 0.717) is 6.04 Å². The number of rotatable bonds is 11. The molecule has 122 valence electrons. The summed E-state index contributed by atoms with van der Waals surface area (Å²) in [6.07, 6.45) is 10.1. The average molecular weight is 314 g/mol. The molecule has 1 aromatic rings. The van der Waals surface area contributed by atoms with Crippen LogP contribution < -0.4 is 5.32 Å². The van der Waals surface area contributed by atoms with Gasteiger partial charge in [0.05, 0.1) is 16.4 Å². The van der Waals surface area contributed by atoms with Crippen LogP contribution in [0, 0.1) is 6.92 Å². The fourth-order valence-corrected chi connectivity index (χ4v) is 2.99. The Bertz CT molecular complexity index is 401. The summed E-state index contributed by atoms with van der Waals surface area (Å²) in [6.45, 7) is 7.53. The molecule has 21 heavy (non-hydrogen) atoms. The molecule has 4 heteroatoms. The molecular weight excluding hydrogens is 282 g/mol. The Kier molecular flexibility index (Phi) is 9.02. The van der Waals surface area contributed by atoms with Crippen molar-refractivity contribution in [3.8, 4) is 0 Å². The van der Waals surface area contributed by atoms with Gasteiger partial charge in [-0.3, -0.25) is 4.68 Å². The van der Waals surface area contributed by atoms with E-state index in [4.69, 9.17) is 11.6 Å². The third kappa shape index (κ3) is 6.39. The van der Waals surface area contributed by atoms with E-state index >= 15 is 0 Å². The lowest BCUT2D eigenvalue weighted by molar-refractivity contribution is 0.442. The molecule has 0 amide bonds. The smallest absolute Gasteiger partial charge is 0.0847 e. The van der Waals surface area contributed by atoms with Crippen molar-refractivity contribution in [3.05, 3.63) is 16.4 Å². The molecule has 1 heterocycles. The molecule has 0 spiro atoms. The minimum Gasteiger partial charge on any atom is -0.314 e. The fraction of sp³-hybridized carbons (Fsp3) is 0.824. The third-order valence-electron chi connectivity index (χ3n) is 4.04. The molecule has 1 rings (SSSR count). The van der Waals surface area contributed by atoms with Crippen molar-refractivity contribution >= 4 is 11.6 Å². The molecule has 0 aliphatic heterocycles. The standard InChI is InChI=1S/C17H32ClN3/c1-5-7-8-9-10-11-15(19-12-6-2)13-16-17(18)14(3)20-21(16)4/h15,19H,5-13H2,1-4H3. The molecular formula is C17H32ClN3. The largest absolute Gasteiger partial charge is 0.314 e. The summed E-state index contributed by atoms with van der Waals surface area (Å²) < 4.78 is 1.94. The van der Waals surface area contributed by atoms with Gasteiger partial charge in [0, 0.05) is 19.5 Å². The molecule has 0 aromatic carbocycles. The first-order valence-corrected chi connectivity index (χ1v) is 8.89. The van der Waals surface area contributed by atoms with Gasteiger partial charge in [0.1, 0.15) is 0 Å². The molecule has 0 bridgehead atoms. The van der Waals surface area contributed by atoms with E-state index in [9.17, 15) is 0 Å². The van der Waals surface area contributed by atoms with E-state index in [0.717, 1.165) is 29.4 Å². The maximum atomic E-state index is 6.38. The zero-order valence-corrected chi connectivity index (χ0v) is 15.0. The fourth-order valence-electron chi connectivity index (χ4n) is 2.75. The minimum atomic E-state index is 0.513. The summed E-state index contributed by atoms with van der Waals surface area (Å²) in [6, 6.07) is 0.513. The van der Waals surface area contributed by atoms with E-state index in [1.807, 2.05) is 18.7 Å². The van der Waals surface area contributed by atoms with E-state index in [1.165, 1.54) is 44.9 Å². The highest BCUT2D eigenvalue weighted by atomic mass is 35.5. The summed E-state index contributed by atoms with van der Waals surface area (Å²) in [5, 5.41) is 8.93. The molecule has 1 atom stereocenters. The monoisotopic (exact) mass is 313 g/mol. The first-order chi connectivity index (χ1) is 10.1. The summed E-state index contributed by atoms with van der Waals surface area (Å²) in [5.41, 5.74) is 2.10. The van der Waals surface area contributed by atoms with E-state index in [-0.39, 0.29) is 0 Å². The van der Waals surface area contributed by atoms with Gasteiger partial charge < -0.3 is 5.32 Å². The summed E-state index contributed by atoms with van der Waals surface area (Å²) >= 11 is 6.38. The molecule has 0 saturated heterocycles. The Balaban J connectivity index is 2.52. The third-order valence-corrected chi connectivity index (χ3v) is 4.53. The minimum absolute atomic E-state index is 0.513. The molecule has 1 N–H and O–H groups in total. The van der Waals surface area contributed by atoms with E-state index < -0.39 is 0 Å². The lowest BCUT2D eigenvalue weighted by Gasteiger charge is -2.19. The van der Waals surface area contributed by atoms with Crippen molar-refractivity contribution in [2.24, 2.45) is 7.05 Å². The molecule has 0 aliphatic rings. The van der Waals surface area contributed by atoms with Crippen molar-refractivity contribution in [2.75, 3.05) is 6.54 Å². The van der Waals surface area contributed by atoms with Crippen molar-refractivity contribution in [1.82, 2.24) is 15.1 Å². The number of aryl methyl sites for hydroxylation is 2. The number of hydrogen-bond donors (Lipinski definition) is 1. The zero-order valence-electron chi connectivity index (χ0n) is 14.2. The van der Waals surface area contributed by atoms with E-state index in [1.54, 1.807) is 0 Å². The number of nitrogens with one attached hydrogen (secondary N) is 1. The van der Waals surface area contributed by atoms with Crippen LogP contribution in [-0.2, 0) is 13.5 Å². The van der Waals surface area contributed by atoms with Crippen LogP contribution in [0.5, 0.6) is 0 Å². The van der Waals surface area contributed by atoms with Gasteiger partial charge in [0.2, 0.25) is 0 Å². The first-order valence-electron chi connectivity index (χ1n) is 8.51. The number of hydrogen-bond acceptors (Lipinski definition) is 2. The quantitative estimate of drug-likeness (QED) is 0.602. The van der Waals surface area contributed by atoms with Crippen LogP contribution >= 0.6 is 11.6 Å². The molecule has 0 aliphatic carbocycles. The lowest BCUT2D eigenvalue weighted by atomic mass is 10.0. The van der Waals surface area contributed by atoms with Crippen LogP contribution in [0.2, 0.25) is 5.02 Å². The Hall–Kier alpha value is -0.540. The van der Waals surface area contributed by atoms with Gasteiger partial charge in [-0.1, -0.05) is 57.6 Å². The van der Waals surface area contributed by atoms with Crippen LogP contribution in [-0.4, -0.2) is 22.4 Å². The highest BCUT2D eigenvalue weighted by Crippen LogP contribution is 2.22. The molecule has 1 unspecified atom stereocenters. The van der Waals surface area contributed by atoms with Crippen LogP contribution in [0.1, 0.15) is 70.2 Å². The Labute approximate surface area is 135 Å². The Morgan fingerprint density at radius 2 is 1.86 bits per heavy atom. The van der Waals surface area contributed by atoms with Crippen molar-refractivity contribution in [3.63, 3.8) is 0 Å². The zero-order chi connectivity index (χ0) is 15.7. The van der Waals surface area contributed by atoms with Crippen molar-refractivity contribution in [2.45, 2.75) is 78.2 Å². The normalized spacial score (nSPS) is 12.8. The summed E-state index contributed by atoms with van der Waals surface area (Å²) in [7, 11) is 1.99. The van der Waals surface area contributed by atoms with Gasteiger partial charge in [0.25, 0.3) is 0 Å². The molecule has 3 nitrogen and oxygen atoms in total. The Morgan fingerprint density at radius 1 is 1.14 bits per heavy atom. The van der Waals surface area contributed by atoms with E-state index in [2.05, 4.69) is 24.3 Å². The second-order valence-corrected chi connectivity index (χ2v) is 6.41. The Morgan fingerprint density at radius 3 is 2.43 bits per heavy atom. The average Bonchev–Trinajstić information content (AvgIpc) is 2.70. The van der Waals surface area contributed by atoms with Gasteiger partial charge in [-0.15, -0.1) is 0 Å². The van der Waals surface area contributed by atoms with Gasteiger partial charge >= 0.3 is 0 Å². The SMILES string of the molecule is CCCCCCCC(Cc1c(Cl)c(C)nn1C)NCCC. The topological polar surface area (TPSA) is 29.9 Å². The van der Waals surface area contributed by atoms with Gasteiger partial charge in [-0.05, 0) is 26.3 Å². The maximum Gasteiger partial charge on any atom is 0.0847 e. The van der Waals surface area contributed by atoms with Crippen LogP contribution in [0.15, 0.2) is 0 Å². The van der Waals surface area contributed by atoms with Crippen LogP contribution in [0.25, 0.3) is 0 Å². The molecule has 0 radical (unpaired) electrons. The number of nitrogens with zero attached hydrogens (tertiary/aromatic N) is 2. The number of unbranched alkanes of at least 4 members (excludes halogenated alkanes) is 4. The van der Waals surface area contributed by atoms with Gasteiger partial charge in [-0.2, -0.15) is 5.10 Å². The highest BCUT2D eigenvalue weighted by molar-refractivity contribution is 6.31. The van der Waals surface area contributed by atoms with Crippen molar-refractivity contribution < 1.29 is 0 Å². The molecule has 1 aromatic heterocycles. The summed E-state index contributed by atoms with van der Waals surface area (Å²) in [4.78, 5) is 0. The number of halogens is 1.